The third kappa shape index (κ3) is 2.43. The maximum absolute atomic E-state index is 13.7. The van der Waals surface area contributed by atoms with Crippen molar-refractivity contribution in [2.24, 2.45) is 0 Å². The van der Waals surface area contributed by atoms with Gasteiger partial charge < -0.3 is 10.6 Å². The molecule has 1 fully saturated rings. The van der Waals surface area contributed by atoms with E-state index < -0.39 is 0 Å². The summed E-state index contributed by atoms with van der Waals surface area (Å²) in [6.45, 7) is 0.891. The molecule has 5 nitrogen and oxygen atoms in total. The Balaban J connectivity index is 1.76. The maximum Gasteiger partial charge on any atom is 0.180 e. The number of nitrogens with zero attached hydrogens (tertiary/aromatic N) is 4. The molecule has 2 aromatic heterocycles. The Labute approximate surface area is 135 Å². The zero-order valence-corrected chi connectivity index (χ0v) is 13.6. The van der Waals surface area contributed by atoms with E-state index in [4.69, 9.17) is 5.73 Å². The Morgan fingerprint density at radius 3 is 3.04 bits per heavy atom. The number of anilines is 2. The van der Waals surface area contributed by atoms with Gasteiger partial charge in [-0.25, -0.2) is 13.9 Å². The van der Waals surface area contributed by atoms with E-state index >= 15 is 0 Å². The molecule has 0 radical (unpaired) electrons. The van der Waals surface area contributed by atoms with Gasteiger partial charge in [0.2, 0.25) is 0 Å². The van der Waals surface area contributed by atoms with Crippen molar-refractivity contribution in [2.45, 2.75) is 18.9 Å². The molecular formula is C16H17FN5P. The summed E-state index contributed by atoms with van der Waals surface area (Å²) < 4.78 is 15.3. The van der Waals surface area contributed by atoms with Crippen molar-refractivity contribution < 1.29 is 4.39 Å². The number of aromatic nitrogens is 3. The summed E-state index contributed by atoms with van der Waals surface area (Å²) in [7, 11) is 2.70. The van der Waals surface area contributed by atoms with Crippen LogP contribution in [0.3, 0.4) is 0 Å². The number of benzene rings is 1. The molecule has 2 N–H and O–H groups in total. The van der Waals surface area contributed by atoms with Crippen LogP contribution in [-0.4, -0.2) is 21.1 Å². The first-order valence-corrected chi connectivity index (χ1v) is 8.12. The van der Waals surface area contributed by atoms with Crippen molar-refractivity contribution in [2.75, 3.05) is 17.2 Å². The Morgan fingerprint density at radius 2 is 2.17 bits per heavy atom. The first-order valence-electron chi connectivity index (χ1n) is 7.55. The quantitative estimate of drug-likeness (QED) is 0.733. The van der Waals surface area contributed by atoms with Gasteiger partial charge in [-0.2, -0.15) is 5.10 Å². The zero-order chi connectivity index (χ0) is 16.0. The topological polar surface area (TPSA) is 59.4 Å². The van der Waals surface area contributed by atoms with Gasteiger partial charge in [-0.05, 0) is 41.9 Å². The van der Waals surface area contributed by atoms with Gasteiger partial charge in [0.15, 0.2) is 5.65 Å². The summed E-state index contributed by atoms with van der Waals surface area (Å²) >= 11 is 0. The highest BCUT2D eigenvalue weighted by atomic mass is 31.0. The van der Waals surface area contributed by atoms with Crippen molar-refractivity contribution in [3.8, 4) is 0 Å². The second-order valence-electron chi connectivity index (χ2n) is 5.78. The average molecular weight is 329 g/mol. The average Bonchev–Trinajstić information content (AvgIpc) is 3.17. The minimum Gasteiger partial charge on any atom is -0.394 e. The lowest BCUT2D eigenvalue weighted by molar-refractivity contribution is 0.619. The van der Waals surface area contributed by atoms with E-state index in [-0.39, 0.29) is 11.9 Å². The molecule has 0 saturated carbocycles. The van der Waals surface area contributed by atoms with E-state index in [1.807, 2.05) is 12.3 Å². The van der Waals surface area contributed by atoms with Crippen molar-refractivity contribution in [1.82, 2.24) is 14.6 Å². The fraction of sp³-hybridized carbons (Fsp3) is 0.250. The monoisotopic (exact) mass is 329 g/mol. The van der Waals surface area contributed by atoms with Gasteiger partial charge in [-0.3, -0.25) is 0 Å². The van der Waals surface area contributed by atoms with Gasteiger partial charge in [0.25, 0.3) is 0 Å². The van der Waals surface area contributed by atoms with Crippen molar-refractivity contribution >= 4 is 31.7 Å². The van der Waals surface area contributed by atoms with E-state index in [1.165, 1.54) is 6.07 Å². The number of fused-ring (bicyclic) bond motifs is 1. The lowest BCUT2D eigenvalue weighted by Gasteiger charge is -2.27. The Kier molecular flexibility index (Phi) is 3.42. The summed E-state index contributed by atoms with van der Waals surface area (Å²) in [6, 6.07) is 6.97. The molecule has 1 aliphatic rings. The van der Waals surface area contributed by atoms with E-state index in [0.29, 0.717) is 11.3 Å². The van der Waals surface area contributed by atoms with E-state index in [0.717, 1.165) is 36.1 Å². The van der Waals surface area contributed by atoms with Crippen LogP contribution in [0.4, 0.5) is 15.9 Å². The molecule has 23 heavy (non-hydrogen) atoms. The van der Waals surface area contributed by atoms with Crippen molar-refractivity contribution in [1.29, 1.82) is 0 Å². The van der Waals surface area contributed by atoms with Crippen LogP contribution in [0, 0.1) is 5.82 Å². The second kappa shape index (κ2) is 5.46. The van der Waals surface area contributed by atoms with Gasteiger partial charge >= 0.3 is 0 Å². The molecular weight excluding hydrogens is 312 g/mol. The molecule has 4 rings (SSSR count). The highest BCUT2D eigenvalue weighted by Gasteiger charge is 2.28. The number of halogens is 1. The van der Waals surface area contributed by atoms with Crippen LogP contribution in [0.5, 0.6) is 0 Å². The molecule has 2 atom stereocenters. The maximum atomic E-state index is 13.7. The fourth-order valence-electron chi connectivity index (χ4n) is 3.24. The van der Waals surface area contributed by atoms with E-state index in [9.17, 15) is 4.39 Å². The molecule has 118 valence electrons. The van der Waals surface area contributed by atoms with Crippen LogP contribution in [0.1, 0.15) is 24.4 Å². The molecule has 1 unspecified atom stereocenters. The van der Waals surface area contributed by atoms with Crippen molar-refractivity contribution in [3.05, 3.63) is 48.0 Å². The minimum atomic E-state index is -0.207. The molecule has 1 aromatic carbocycles. The number of nitrogens with two attached hydrogens (primary N) is 1. The summed E-state index contributed by atoms with van der Waals surface area (Å²) in [6.07, 6.45) is 5.48. The summed E-state index contributed by atoms with van der Waals surface area (Å²) in [5.74, 6) is 0.641. The highest BCUT2D eigenvalue weighted by molar-refractivity contribution is 7.27. The first-order chi connectivity index (χ1) is 11.1. The Bertz CT molecular complexity index is 878. The number of nitrogen functional groups attached to an aromatic ring is 1. The number of hydrogen-bond acceptors (Lipinski definition) is 4. The molecule has 1 saturated heterocycles. The zero-order valence-electron chi connectivity index (χ0n) is 12.5. The smallest absolute Gasteiger partial charge is 0.180 e. The predicted molar refractivity (Wildman–Crippen MR) is 92.5 cm³/mol. The molecule has 0 spiro atoms. The Hall–Kier alpha value is -2.20. The van der Waals surface area contributed by atoms with Crippen LogP contribution < -0.4 is 15.9 Å². The fourth-order valence-corrected chi connectivity index (χ4v) is 3.61. The molecule has 3 heterocycles. The molecule has 3 aromatic rings. The van der Waals surface area contributed by atoms with Crippen LogP contribution in [-0.2, 0) is 0 Å². The lowest BCUT2D eigenvalue weighted by atomic mass is 10.0. The van der Waals surface area contributed by atoms with Crippen LogP contribution in [0.2, 0.25) is 0 Å². The molecule has 7 heteroatoms. The van der Waals surface area contributed by atoms with Crippen LogP contribution in [0.15, 0.2) is 36.7 Å². The second-order valence-corrected chi connectivity index (χ2v) is 6.40. The van der Waals surface area contributed by atoms with Gasteiger partial charge in [0, 0.05) is 12.7 Å². The minimum absolute atomic E-state index is 0.122. The highest BCUT2D eigenvalue weighted by Crippen LogP contribution is 2.35. The summed E-state index contributed by atoms with van der Waals surface area (Å²) in [4.78, 5) is 6.86. The largest absolute Gasteiger partial charge is 0.394 e. The third-order valence-electron chi connectivity index (χ3n) is 4.34. The summed E-state index contributed by atoms with van der Waals surface area (Å²) in [5.41, 5.74) is 8.12. The van der Waals surface area contributed by atoms with Gasteiger partial charge in [0.05, 0.1) is 17.9 Å². The molecule has 0 aliphatic carbocycles. The first kappa shape index (κ1) is 14.4. The van der Waals surface area contributed by atoms with Crippen LogP contribution >= 0.6 is 9.24 Å². The number of hydrogen-bond donors (Lipinski definition) is 1. The molecule has 0 bridgehead atoms. The predicted octanol–water partition coefficient (Wildman–Crippen LogP) is 2.29. The standard InChI is InChI=1S/C16H17FN5P/c17-10-3-4-14(23)11(8-10)13-2-1-6-21(13)15-5-7-22-16(20-15)12(18)9-19-22/h3-5,7-9,13H,1-2,6,18,23H2/t13-/m1/s1. The van der Waals surface area contributed by atoms with Crippen LogP contribution in [0.25, 0.3) is 5.65 Å². The van der Waals surface area contributed by atoms with E-state index in [2.05, 4.69) is 24.2 Å². The molecule has 1 aliphatic heterocycles. The number of rotatable bonds is 2. The lowest BCUT2D eigenvalue weighted by Crippen LogP contribution is -2.26. The van der Waals surface area contributed by atoms with E-state index in [1.54, 1.807) is 22.8 Å². The van der Waals surface area contributed by atoms with Gasteiger partial charge in [-0.15, -0.1) is 9.24 Å². The normalized spacial score (nSPS) is 18.0. The molecule has 0 amide bonds. The van der Waals surface area contributed by atoms with Gasteiger partial charge in [0.1, 0.15) is 11.6 Å². The van der Waals surface area contributed by atoms with Crippen molar-refractivity contribution in [3.63, 3.8) is 0 Å². The summed E-state index contributed by atoms with van der Waals surface area (Å²) in [5, 5.41) is 5.17. The SMILES string of the molecule is Nc1cnn2ccc(N3CCC[C@@H]3c3cc(F)ccc3P)nc12. The third-order valence-corrected chi connectivity index (χ3v) is 4.86. The van der Waals surface area contributed by atoms with Gasteiger partial charge in [-0.1, -0.05) is 6.07 Å². The Morgan fingerprint density at radius 1 is 1.30 bits per heavy atom.